The Morgan fingerprint density at radius 3 is 2.27 bits per heavy atom. The van der Waals surface area contributed by atoms with Crippen molar-refractivity contribution in [3.8, 4) is 0 Å². The van der Waals surface area contributed by atoms with Crippen molar-refractivity contribution < 1.29 is 9.59 Å². The monoisotopic (exact) mass is 360 g/mol. The number of rotatable bonds is 5. The first-order valence-corrected chi connectivity index (χ1v) is 10.5. The van der Waals surface area contributed by atoms with Crippen LogP contribution in [0.15, 0.2) is 23.3 Å². The van der Waals surface area contributed by atoms with E-state index in [0.29, 0.717) is 23.4 Å². The number of allylic oxidation sites excluding steroid dienone is 4. The summed E-state index contributed by atoms with van der Waals surface area (Å²) < 4.78 is 0. The lowest BCUT2D eigenvalue weighted by Gasteiger charge is -2.31. The minimum absolute atomic E-state index is 0.0301. The summed E-state index contributed by atoms with van der Waals surface area (Å²) >= 11 is 0. The Balaban J connectivity index is 0.000000289. The molecule has 0 aliphatic heterocycles. The van der Waals surface area contributed by atoms with E-state index < -0.39 is 0 Å². The number of Topliss-reactive ketones (excluding diaryl/α,β-unsaturated/α-hetero) is 2. The molecule has 0 bridgehead atoms. The van der Waals surface area contributed by atoms with E-state index in [0.717, 1.165) is 51.4 Å². The van der Waals surface area contributed by atoms with Gasteiger partial charge in [0.15, 0.2) is 0 Å². The van der Waals surface area contributed by atoms with E-state index >= 15 is 0 Å². The molecule has 0 heterocycles. The number of ketones is 2. The van der Waals surface area contributed by atoms with Gasteiger partial charge in [-0.3, -0.25) is 9.59 Å². The molecule has 2 unspecified atom stereocenters. The van der Waals surface area contributed by atoms with Gasteiger partial charge in [-0.1, -0.05) is 50.5 Å². The average molecular weight is 361 g/mol. The molecule has 0 aromatic rings. The summed E-state index contributed by atoms with van der Waals surface area (Å²) in [7, 11) is 0. The third kappa shape index (κ3) is 8.01. The molecule has 2 atom stereocenters. The zero-order chi connectivity index (χ0) is 19.7. The van der Waals surface area contributed by atoms with Crippen LogP contribution in [0.4, 0.5) is 0 Å². The molecular weight excluding hydrogens is 320 g/mol. The first-order valence-electron chi connectivity index (χ1n) is 10.5. The van der Waals surface area contributed by atoms with E-state index in [2.05, 4.69) is 46.8 Å². The van der Waals surface area contributed by atoms with Gasteiger partial charge in [-0.25, -0.2) is 0 Å². The Morgan fingerprint density at radius 2 is 1.77 bits per heavy atom. The van der Waals surface area contributed by atoms with Crippen LogP contribution in [-0.4, -0.2) is 11.6 Å². The van der Waals surface area contributed by atoms with Gasteiger partial charge in [0.2, 0.25) is 0 Å². The highest BCUT2D eigenvalue weighted by Crippen LogP contribution is 2.34. The molecule has 0 aromatic heterocycles. The normalized spacial score (nSPS) is 25.5. The highest BCUT2D eigenvalue weighted by atomic mass is 16.1. The largest absolute Gasteiger partial charge is 0.299 e. The summed E-state index contributed by atoms with van der Waals surface area (Å²) in [4.78, 5) is 22.9. The van der Waals surface area contributed by atoms with Crippen LogP contribution in [0, 0.1) is 17.3 Å². The van der Waals surface area contributed by atoms with E-state index in [1.165, 1.54) is 17.6 Å². The highest BCUT2D eigenvalue weighted by Gasteiger charge is 2.34. The molecule has 2 fully saturated rings. The van der Waals surface area contributed by atoms with Gasteiger partial charge in [0.1, 0.15) is 11.6 Å². The maximum Gasteiger partial charge on any atom is 0.141 e. The molecule has 0 amide bonds. The summed E-state index contributed by atoms with van der Waals surface area (Å²) in [5.74, 6) is 1.58. The van der Waals surface area contributed by atoms with Gasteiger partial charge in [0.05, 0.1) is 0 Å². The second-order valence-electron chi connectivity index (χ2n) is 9.20. The summed E-state index contributed by atoms with van der Waals surface area (Å²) in [5.41, 5.74) is 2.79. The van der Waals surface area contributed by atoms with Crippen LogP contribution >= 0.6 is 0 Å². The minimum Gasteiger partial charge on any atom is -0.299 e. The molecule has 0 radical (unpaired) electrons. The predicted molar refractivity (Wildman–Crippen MR) is 111 cm³/mol. The Labute approximate surface area is 161 Å². The lowest BCUT2D eigenvalue weighted by atomic mass is 9.72. The standard InChI is InChI=1S/C15H24O.C9H16O/c1-12(2)6-4-7-13(3)10-11-14-8-5-9-15(14)16;1-7-5-4-6-9(2,3)8(7)10/h6,10,14H,4-5,7-9,11H2,1-3H3;7H,4-6H2,1-3H3/b13-10+;. The predicted octanol–water partition coefficient (Wildman–Crippen LogP) is 6.84. The molecule has 148 valence electrons. The average Bonchev–Trinajstić information content (AvgIpc) is 2.96. The summed E-state index contributed by atoms with van der Waals surface area (Å²) in [6.45, 7) is 12.6. The Kier molecular flexibility index (Phi) is 9.54. The summed E-state index contributed by atoms with van der Waals surface area (Å²) in [5, 5.41) is 0. The van der Waals surface area contributed by atoms with Crippen molar-refractivity contribution in [2.24, 2.45) is 17.3 Å². The van der Waals surface area contributed by atoms with E-state index in [1.54, 1.807) is 0 Å². The van der Waals surface area contributed by atoms with E-state index in [4.69, 9.17) is 0 Å². The second kappa shape index (κ2) is 10.8. The molecule has 0 spiro atoms. The molecular formula is C24H40O2. The summed E-state index contributed by atoms with van der Waals surface area (Å²) in [6.07, 6.45) is 14.2. The van der Waals surface area contributed by atoms with E-state index in [-0.39, 0.29) is 5.41 Å². The maximum absolute atomic E-state index is 11.5. The first-order chi connectivity index (χ1) is 12.1. The molecule has 26 heavy (non-hydrogen) atoms. The van der Waals surface area contributed by atoms with Crippen molar-refractivity contribution in [3.63, 3.8) is 0 Å². The van der Waals surface area contributed by atoms with Crippen molar-refractivity contribution in [1.82, 2.24) is 0 Å². The first kappa shape index (κ1) is 22.9. The van der Waals surface area contributed by atoms with Crippen LogP contribution in [0.5, 0.6) is 0 Å². The lowest BCUT2D eigenvalue weighted by Crippen LogP contribution is -2.33. The Bertz CT molecular complexity index is 532. The number of carbonyl (C=O) groups is 2. The summed E-state index contributed by atoms with van der Waals surface area (Å²) in [6, 6.07) is 0. The Morgan fingerprint density at radius 1 is 1.08 bits per heavy atom. The van der Waals surface area contributed by atoms with Gasteiger partial charge in [-0.05, 0) is 65.7 Å². The second-order valence-corrected chi connectivity index (χ2v) is 9.20. The fourth-order valence-corrected chi connectivity index (χ4v) is 3.94. The fraction of sp³-hybridized carbons (Fsp3) is 0.750. The maximum atomic E-state index is 11.5. The van der Waals surface area contributed by atoms with Gasteiger partial charge >= 0.3 is 0 Å². The van der Waals surface area contributed by atoms with Gasteiger partial charge in [-0.15, -0.1) is 0 Å². The van der Waals surface area contributed by atoms with Gasteiger partial charge in [0, 0.05) is 23.7 Å². The van der Waals surface area contributed by atoms with Crippen molar-refractivity contribution in [3.05, 3.63) is 23.3 Å². The number of carbonyl (C=O) groups excluding carboxylic acids is 2. The van der Waals surface area contributed by atoms with Crippen LogP contribution < -0.4 is 0 Å². The zero-order valence-corrected chi connectivity index (χ0v) is 18.0. The van der Waals surface area contributed by atoms with E-state index in [9.17, 15) is 9.59 Å². The smallest absolute Gasteiger partial charge is 0.141 e. The van der Waals surface area contributed by atoms with Crippen LogP contribution in [0.25, 0.3) is 0 Å². The molecule has 0 aromatic carbocycles. The van der Waals surface area contributed by atoms with Gasteiger partial charge < -0.3 is 0 Å². The fourth-order valence-electron chi connectivity index (χ4n) is 3.94. The molecule has 2 rings (SSSR count). The van der Waals surface area contributed by atoms with Crippen molar-refractivity contribution in [2.45, 2.75) is 99.3 Å². The third-order valence-corrected chi connectivity index (χ3v) is 5.83. The van der Waals surface area contributed by atoms with Crippen LogP contribution in [0.1, 0.15) is 99.3 Å². The molecule has 0 saturated heterocycles. The highest BCUT2D eigenvalue weighted by molar-refractivity contribution is 5.86. The third-order valence-electron chi connectivity index (χ3n) is 5.83. The molecule has 2 saturated carbocycles. The van der Waals surface area contributed by atoms with Crippen molar-refractivity contribution in [2.75, 3.05) is 0 Å². The molecule has 2 aliphatic carbocycles. The Hall–Kier alpha value is -1.18. The number of hydrogen-bond acceptors (Lipinski definition) is 2. The van der Waals surface area contributed by atoms with Crippen LogP contribution in [-0.2, 0) is 9.59 Å². The van der Waals surface area contributed by atoms with Gasteiger partial charge in [0.25, 0.3) is 0 Å². The lowest BCUT2D eigenvalue weighted by molar-refractivity contribution is -0.133. The topological polar surface area (TPSA) is 34.1 Å². The minimum atomic E-state index is -0.0301. The molecule has 2 heteroatoms. The number of hydrogen-bond donors (Lipinski definition) is 0. The van der Waals surface area contributed by atoms with Gasteiger partial charge in [-0.2, -0.15) is 0 Å². The molecule has 2 nitrogen and oxygen atoms in total. The molecule has 2 aliphatic rings. The SMILES string of the molecule is CC(C)=CCC/C(C)=C/CC1CCCC1=O.CC1CCCC(C)(C)C1=O. The van der Waals surface area contributed by atoms with E-state index in [1.807, 2.05) is 6.92 Å². The molecule has 0 N–H and O–H groups in total. The van der Waals surface area contributed by atoms with Crippen LogP contribution in [0.2, 0.25) is 0 Å². The van der Waals surface area contributed by atoms with Crippen molar-refractivity contribution in [1.29, 1.82) is 0 Å². The van der Waals surface area contributed by atoms with Crippen molar-refractivity contribution >= 4 is 11.6 Å². The zero-order valence-electron chi connectivity index (χ0n) is 18.0. The van der Waals surface area contributed by atoms with Crippen LogP contribution in [0.3, 0.4) is 0 Å². The quantitative estimate of drug-likeness (QED) is 0.503.